The fourth-order valence-corrected chi connectivity index (χ4v) is 2.85. The number of allylic oxidation sites excluding steroid dienone is 3. The number of hydrogen-bond acceptors (Lipinski definition) is 2. The van der Waals surface area contributed by atoms with Crippen LogP contribution in [0.5, 0.6) is 5.75 Å². The number of nitrogens with zero attached hydrogens (tertiary/aromatic N) is 1. The Balaban J connectivity index is 2.15. The van der Waals surface area contributed by atoms with Gasteiger partial charge in [-0.15, -0.1) is 0 Å². The van der Waals surface area contributed by atoms with Crippen molar-refractivity contribution < 1.29 is 9.53 Å². The lowest BCUT2D eigenvalue weighted by Crippen LogP contribution is -2.32. The third kappa shape index (κ3) is 3.59. The molecule has 1 aliphatic rings. The predicted octanol–water partition coefficient (Wildman–Crippen LogP) is 5.51. The van der Waals surface area contributed by atoms with Gasteiger partial charge in [0.05, 0.1) is 0 Å². The van der Waals surface area contributed by atoms with Crippen molar-refractivity contribution in [1.29, 1.82) is 0 Å². The van der Waals surface area contributed by atoms with Gasteiger partial charge < -0.3 is 4.74 Å². The molecular formula is C19H25NO2. The van der Waals surface area contributed by atoms with Gasteiger partial charge in [0.1, 0.15) is 5.75 Å². The molecule has 0 aromatic heterocycles. The number of unbranched alkanes of at least 4 members (excludes halogenated alkanes) is 1. The Kier molecular flexibility index (Phi) is 5.42. The summed E-state index contributed by atoms with van der Waals surface area (Å²) in [5, 5.41) is 0. The summed E-state index contributed by atoms with van der Waals surface area (Å²) in [6.07, 6.45) is 5.11. The van der Waals surface area contributed by atoms with Crippen LogP contribution in [0.15, 0.2) is 53.4 Å². The molecule has 0 aliphatic carbocycles. The first-order valence-corrected chi connectivity index (χ1v) is 7.96. The van der Waals surface area contributed by atoms with Crippen LogP contribution >= 0.6 is 0 Å². The van der Waals surface area contributed by atoms with Gasteiger partial charge >= 0.3 is 6.09 Å². The number of rotatable bonds is 4. The van der Waals surface area contributed by atoms with Crippen LogP contribution in [0, 0.1) is 5.92 Å². The van der Waals surface area contributed by atoms with E-state index in [0.29, 0.717) is 11.7 Å². The van der Waals surface area contributed by atoms with Gasteiger partial charge in [0, 0.05) is 17.8 Å². The third-order valence-corrected chi connectivity index (χ3v) is 4.33. The summed E-state index contributed by atoms with van der Waals surface area (Å²) >= 11 is 0. The molecule has 0 saturated carbocycles. The van der Waals surface area contributed by atoms with Crippen molar-refractivity contribution in [3.05, 3.63) is 53.4 Å². The largest absolute Gasteiger partial charge is 0.423 e. The molecule has 1 heterocycles. The quantitative estimate of drug-likeness (QED) is 0.734. The molecule has 0 bridgehead atoms. The Morgan fingerprint density at radius 3 is 2.50 bits per heavy atom. The molecule has 1 atom stereocenters. The maximum absolute atomic E-state index is 12.4. The molecule has 0 fully saturated rings. The van der Waals surface area contributed by atoms with Gasteiger partial charge in [0.15, 0.2) is 0 Å². The number of benzene rings is 1. The molecule has 3 nitrogen and oxygen atoms in total. The number of carbonyl (C=O) groups excluding carboxylic acids is 1. The lowest BCUT2D eigenvalue weighted by Gasteiger charge is -2.31. The minimum Gasteiger partial charge on any atom is -0.410 e. The van der Waals surface area contributed by atoms with Crippen LogP contribution in [-0.2, 0) is 0 Å². The number of amides is 1. The van der Waals surface area contributed by atoms with E-state index in [4.69, 9.17) is 4.74 Å². The van der Waals surface area contributed by atoms with Crippen molar-refractivity contribution in [3.63, 3.8) is 0 Å². The first-order chi connectivity index (χ1) is 10.5. The van der Waals surface area contributed by atoms with E-state index in [2.05, 4.69) is 20.8 Å². The van der Waals surface area contributed by atoms with Crippen LogP contribution in [0.25, 0.3) is 0 Å². The second-order valence-electron chi connectivity index (χ2n) is 5.89. The molecule has 3 heteroatoms. The molecule has 1 aromatic carbocycles. The highest BCUT2D eigenvalue weighted by atomic mass is 16.6. The van der Waals surface area contributed by atoms with Crippen molar-refractivity contribution in [1.82, 2.24) is 4.90 Å². The van der Waals surface area contributed by atoms with Crippen molar-refractivity contribution in [2.75, 3.05) is 0 Å². The van der Waals surface area contributed by atoms with Crippen LogP contribution in [0.2, 0.25) is 0 Å². The second-order valence-corrected chi connectivity index (χ2v) is 5.89. The minimum absolute atomic E-state index is 0.351. The van der Waals surface area contributed by atoms with Crippen LogP contribution < -0.4 is 4.74 Å². The highest BCUT2D eigenvalue weighted by Crippen LogP contribution is 2.34. The van der Waals surface area contributed by atoms with Gasteiger partial charge in [-0.3, -0.25) is 4.90 Å². The Morgan fingerprint density at radius 1 is 1.18 bits per heavy atom. The maximum atomic E-state index is 12.4. The normalized spacial score (nSPS) is 18.3. The summed E-state index contributed by atoms with van der Waals surface area (Å²) in [5.41, 5.74) is 3.47. The standard InChI is InChI=1S/C19H25NO2/c1-5-6-12-18-14(2)13-20(16(4)15(18)3)19(21)22-17-10-8-7-9-11-17/h7-11,13,18H,5-6,12H2,1-4H3. The fraction of sp³-hybridized carbons (Fsp3) is 0.421. The number of para-hydroxylation sites is 1. The molecule has 2 rings (SSSR count). The minimum atomic E-state index is -0.351. The highest BCUT2D eigenvalue weighted by Gasteiger charge is 2.26. The Morgan fingerprint density at radius 2 is 1.86 bits per heavy atom. The molecule has 118 valence electrons. The first-order valence-electron chi connectivity index (χ1n) is 7.96. The Labute approximate surface area is 133 Å². The summed E-state index contributed by atoms with van der Waals surface area (Å²) in [6, 6.07) is 9.18. The molecule has 1 aromatic rings. The Bertz CT molecular complexity index is 587. The SMILES string of the molecule is CCCCC1C(C)=CN(C(=O)Oc2ccccc2)C(C)=C1C. The number of hydrogen-bond donors (Lipinski definition) is 0. The van der Waals surface area contributed by atoms with E-state index in [9.17, 15) is 4.79 Å². The van der Waals surface area contributed by atoms with Crippen molar-refractivity contribution in [3.8, 4) is 5.75 Å². The van der Waals surface area contributed by atoms with Gasteiger partial charge in [0.25, 0.3) is 0 Å². The molecular weight excluding hydrogens is 274 g/mol. The average molecular weight is 299 g/mol. The van der Waals surface area contributed by atoms with E-state index in [1.54, 1.807) is 17.0 Å². The van der Waals surface area contributed by atoms with Crippen LogP contribution in [0.4, 0.5) is 4.79 Å². The van der Waals surface area contributed by atoms with E-state index in [0.717, 1.165) is 12.1 Å². The van der Waals surface area contributed by atoms with Crippen molar-refractivity contribution >= 4 is 6.09 Å². The molecule has 0 spiro atoms. The number of ether oxygens (including phenoxy) is 1. The van der Waals surface area contributed by atoms with Crippen molar-refractivity contribution in [2.24, 2.45) is 5.92 Å². The van der Waals surface area contributed by atoms with E-state index in [1.807, 2.05) is 31.3 Å². The lowest BCUT2D eigenvalue weighted by molar-refractivity contribution is 0.177. The third-order valence-electron chi connectivity index (χ3n) is 4.33. The zero-order valence-corrected chi connectivity index (χ0v) is 13.9. The molecule has 1 amide bonds. The maximum Gasteiger partial charge on any atom is 0.423 e. The summed E-state index contributed by atoms with van der Waals surface area (Å²) in [6.45, 7) is 8.41. The first kappa shape index (κ1) is 16.3. The lowest BCUT2D eigenvalue weighted by atomic mass is 9.85. The van der Waals surface area contributed by atoms with Crippen LogP contribution in [0.3, 0.4) is 0 Å². The second kappa shape index (κ2) is 7.30. The number of carbonyl (C=O) groups is 1. The molecule has 0 radical (unpaired) electrons. The summed E-state index contributed by atoms with van der Waals surface area (Å²) < 4.78 is 5.45. The van der Waals surface area contributed by atoms with E-state index < -0.39 is 0 Å². The van der Waals surface area contributed by atoms with Gasteiger partial charge in [-0.25, -0.2) is 4.79 Å². The zero-order valence-electron chi connectivity index (χ0n) is 13.9. The topological polar surface area (TPSA) is 29.5 Å². The smallest absolute Gasteiger partial charge is 0.410 e. The highest BCUT2D eigenvalue weighted by molar-refractivity contribution is 5.74. The van der Waals surface area contributed by atoms with Crippen LogP contribution in [0.1, 0.15) is 47.0 Å². The molecule has 0 saturated heterocycles. The molecule has 1 unspecified atom stereocenters. The van der Waals surface area contributed by atoms with Gasteiger partial charge in [-0.05, 0) is 50.5 Å². The zero-order chi connectivity index (χ0) is 16.1. The summed E-state index contributed by atoms with van der Waals surface area (Å²) in [4.78, 5) is 14.0. The average Bonchev–Trinajstić information content (AvgIpc) is 2.51. The summed E-state index contributed by atoms with van der Waals surface area (Å²) in [7, 11) is 0. The van der Waals surface area contributed by atoms with Gasteiger partial charge in [-0.2, -0.15) is 0 Å². The predicted molar refractivity (Wildman–Crippen MR) is 89.5 cm³/mol. The molecule has 1 aliphatic heterocycles. The van der Waals surface area contributed by atoms with Crippen molar-refractivity contribution in [2.45, 2.75) is 47.0 Å². The van der Waals surface area contributed by atoms with E-state index in [1.165, 1.54) is 24.0 Å². The Hall–Kier alpha value is -2.03. The fourth-order valence-electron chi connectivity index (χ4n) is 2.85. The van der Waals surface area contributed by atoms with E-state index in [-0.39, 0.29) is 6.09 Å². The molecule has 22 heavy (non-hydrogen) atoms. The van der Waals surface area contributed by atoms with Gasteiger partial charge in [-0.1, -0.05) is 38.0 Å². The van der Waals surface area contributed by atoms with E-state index >= 15 is 0 Å². The van der Waals surface area contributed by atoms with Gasteiger partial charge in [0.2, 0.25) is 0 Å². The molecule has 0 N–H and O–H groups in total. The summed E-state index contributed by atoms with van der Waals surface area (Å²) in [5.74, 6) is 1.01. The monoisotopic (exact) mass is 299 g/mol. The van der Waals surface area contributed by atoms with Crippen LogP contribution in [-0.4, -0.2) is 11.0 Å².